The molecule has 0 bridgehead atoms. The van der Waals surface area contributed by atoms with Crippen molar-refractivity contribution in [2.45, 2.75) is 10.1 Å². The summed E-state index contributed by atoms with van der Waals surface area (Å²) >= 11 is 0. The number of nitrogens with zero attached hydrogens (tertiary/aromatic N) is 2. The van der Waals surface area contributed by atoms with Gasteiger partial charge in [0.1, 0.15) is 10.1 Å². The first-order chi connectivity index (χ1) is 7.36. The molecule has 15 heavy (non-hydrogen) atoms. The van der Waals surface area contributed by atoms with Gasteiger partial charge in [0, 0.05) is 12.4 Å². The first-order valence-electron chi connectivity index (χ1n) is 4.32. The lowest BCUT2D eigenvalue weighted by atomic mass is 10.4. The molecule has 0 aromatic carbocycles. The third-order valence-corrected chi connectivity index (χ3v) is 3.87. The Kier molecular flexibility index (Phi) is 3.47. The molecule has 2 rings (SSSR count). The van der Waals surface area contributed by atoms with Crippen LogP contribution in [-0.4, -0.2) is 9.97 Å². The predicted molar refractivity (Wildman–Crippen MR) is 64.6 cm³/mol. The van der Waals surface area contributed by atoms with E-state index >= 15 is 0 Å². The standard InChI is InChI=1S/C10H9N3S2/c11-8-4-3-7-13-10(8)15-14-9-5-1-2-6-12-9/h1-7H,11H2. The van der Waals surface area contributed by atoms with Crippen molar-refractivity contribution in [2.24, 2.45) is 0 Å². The van der Waals surface area contributed by atoms with E-state index < -0.39 is 0 Å². The van der Waals surface area contributed by atoms with Crippen LogP contribution in [0.1, 0.15) is 0 Å². The molecular weight excluding hydrogens is 226 g/mol. The van der Waals surface area contributed by atoms with E-state index in [-0.39, 0.29) is 0 Å². The fourth-order valence-electron chi connectivity index (χ4n) is 0.951. The van der Waals surface area contributed by atoms with Gasteiger partial charge in [-0.05, 0) is 45.9 Å². The van der Waals surface area contributed by atoms with Crippen molar-refractivity contribution in [3.8, 4) is 0 Å². The highest BCUT2D eigenvalue weighted by Gasteiger charge is 2.02. The molecule has 0 spiro atoms. The SMILES string of the molecule is Nc1cccnc1SSc1ccccn1. The Labute approximate surface area is 95.9 Å². The minimum absolute atomic E-state index is 0.700. The molecule has 0 atom stereocenters. The number of nitrogen functional groups attached to an aromatic ring is 1. The van der Waals surface area contributed by atoms with Gasteiger partial charge in [0.05, 0.1) is 5.69 Å². The molecule has 0 unspecified atom stereocenters. The quantitative estimate of drug-likeness (QED) is 0.829. The Balaban J connectivity index is 2.03. The summed E-state index contributed by atoms with van der Waals surface area (Å²) in [6.45, 7) is 0. The topological polar surface area (TPSA) is 51.8 Å². The lowest BCUT2D eigenvalue weighted by molar-refractivity contribution is 1.14. The molecular formula is C10H9N3S2. The van der Waals surface area contributed by atoms with Crippen LogP contribution >= 0.6 is 21.6 Å². The summed E-state index contributed by atoms with van der Waals surface area (Å²) in [4.78, 5) is 8.38. The van der Waals surface area contributed by atoms with Gasteiger partial charge in [0.2, 0.25) is 0 Å². The van der Waals surface area contributed by atoms with E-state index in [2.05, 4.69) is 9.97 Å². The zero-order valence-corrected chi connectivity index (χ0v) is 9.46. The van der Waals surface area contributed by atoms with Gasteiger partial charge in [-0.1, -0.05) is 6.07 Å². The highest BCUT2D eigenvalue weighted by molar-refractivity contribution is 8.76. The first kappa shape index (κ1) is 10.3. The number of pyridine rings is 2. The number of hydrogen-bond acceptors (Lipinski definition) is 5. The van der Waals surface area contributed by atoms with Crippen LogP contribution in [0.2, 0.25) is 0 Å². The molecule has 0 aliphatic carbocycles. The maximum Gasteiger partial charge on any atom is 0.130 e. The molecule has 2 aromatic rings. The molecule has 0 saturated carbocycles. The van der Waals surface area contributed by atoms with Gasteiger partial charge in [-0.25, -0.2) is 9.97 Å². The highest BCUT2D eigenvalue weighted by atomic mass is 33.1. The monoisotopic (exact) mass is 235 g/mol. The van der Waals surface area contributed by atoms with E-state index in [1.807, 2.05) is 30.3 Å². The molecule has 0 fully saturated rings. The molecule has 2 heterocycles. The van der Waals surface area contributed by atoms with Crippen LogP contribution in [0.25, 0.3) is 0 Å². The summed E-state index contributed by atoms with van der Waals surface area (Å²) in [5.74, 6) is 0. The maximum absolute atomic E-state index is 5.77. The summed E-state index contributed by atoms with van der Waals surface area (Å²) in [6.07, 6.45) is 3.50. The number of hydrogen-bond donors (Lipinski definition) is 1. The third-order valence-electron chi connectivity index (χ3n) is 1.64. The Morgan fingerprint density at radius 1 is 0.933 bits per heavy atom. The van der Waals surface area contributed by atoms with Crippen molar-refractivity contribution in [1.29, 1.82) is 0 Å². The van der Waals surface area contributed by atoms with Gasteiger partial charge in [-0.2, -0.15) is 0 Å². The molecule has 2 aromatic heterocycles. The number of rotatable bonds is 3. The average Bonchev–Trinajstić information content (AvgIpc) is 2.29. The second kappa shape index (κ2) is 5.04. The third kappa shape index (κ3) is 2.87. The molecule has 0 amide bonds. The number of aromatic nitrogens is 2. The minimum Gasteiger partial charge on any atom is -0.397 e. The normalized spacial score (nSPS) is 10.1. The number of nitrogens with two attached hydrogens (primary N) is 1. The molecule has 2 N–H and O–H groups in total. The van der Waals surface area contributed by atoms with Crippen molar-refractivity contribution < 1.29 is 0 Å². The summed E-state index contributed by atoms with van der Waals surface area (Å²) < 4.78 is 0. The van der Waals surface area contributed by atoms with Gasteiger partial charge in [-0.3, -0.25) is 0 Å². The molecule has 0 radical (unpaired) electrons. The van der Waals surface area contributed by atoms with Crippen LogP contribution in [0.4, 0.5) is 5.69 Å². The molecule has 0 aliphatic heterocycles. The first-order valence-corrected chi connectivity index (χ1v) is 6.47. The van der Waals surface area contributed by atoms with Crippen LogP contribution in [-0.2, 0) is 0 Å². The van der Waals surface area contributed by atoms with E-state index in [0.29, 0.717) is 5.69 Å². The Morgan fingerprint density at radius 2 is 1.80 bits per heavy atom. The van der Waals surface area contributed by atoms with E-state index in [1.54, 1.807) is 23.2 Å². The van der Waals surface area contributed by atoms with Gasteiger partial charge in [0.25, 0.3) is 0 Å². The average molecular weight is 235 g/mol. The van der Waals surface area contributed by atoms with Gasteiger partial charge in [0.15, 0.2) is 0 Å². The lowest BCUT2D eigenvalue weighted by Gasteiger charge is -2.01. The fourth-order valence-corrected chi connectivity index (χ4v) is 2.83. The van der Waals surface area contributed by atoms with Crippen molar-refractivity contribution in [1.82, 2.24) is 9.97 Å². The molecule has 76 valence electrons. The summed E-state index contributed by atoms with van der Waals surface area (Å²) in [6, 6.07) is 9.47. The van der Waals surface area contributed by atoms with Crippen LogP contribution in [0.5, 0.6) is 0 Å². The highest BCUT2D eigenvalue weighted by Crippen LogP contribution is 2.37. The van der Waals surface area contributed by atoms with Crippen molar-refractivity contribution in [3.63, 3.8) is 0 Å². The van der Waals surface area contributed by atoms with Crippen LogP contribution in [0.3, 0.4) is 0 Å². The number of anilines is 1. The Hall–Kier alpha value is -1.20. The van der Waals surface area contributed by atoms with Gasteiger partial charge in [-0.15, -0.1) is 0 Å². The van der Waals surface area contributed by atoms with Crippen molar-refractivity contribution >= 4 is 27.3 Å². The van der Waals surface area contributed by atoms with Crippen molar-refractivity contribution in [3.05, 3.63) is 42.7 Å². The largest absolute Gasteiger partial charge is 0.397 e. The van der Waals surface area contributed by atoms with Crippen LogP contribution < -0.4 is 5.73 Å². The maximum atomic E-state index is 5.77. The van der Waals surface area contributed by atoms with Crippen LogP contribution in [0, 0.1) is 0 Å². The lowest BCUT2D eigenvalue weighted by Crippen LogP contribution is -1.89. The Morgan fingerprint density at radius 3 is 2.53 bits per heavy atom. The Bertz CT molecular complexity index is 434. The smallest absolute Gasteiger partial charge is 0.130 e. The molecule has 0 aliphatic rings. The zero-order chi connectivity index (χ0) is 10.5. The predicted octanol–water partition coefficient (Wildman–Crippen LogP) is 2.86. The van der Waals surface area contributed by atoms with E-state index in [0.717, 1.165) is 10.1 Å². The molecule has 5 heteroatoms. The second-order valence-corrected chi connectivity index (χ2v) is 4.87. The second-order valence-electron chi connectivity index (χ2n) is 2.73. The van der Waals surface area contributed by atoms with E-state index in [1.165, 1.54) is 10.8 Å². The van der Waals surface area contributed by atoms with E-state index in [9.17, 15) is 0 Å². The van der Waals surface area contributed by atoms with Crippen molar-refractivity contribution in [2.75, 3.05) is 5.73 Å². The summed E-state index contributed by atoms with van der Waals surface area (Å²) in [5, 5.41) is 1.78. The summed E-state index contributed by atoms with van der Waals surface area (Å²) in [5.41, 5.74) is 6.47. The van der Waals surface area contributed by atoms with Gasteiger partial charge >= 0.3 is 0 Å². The van der Waals surface area contributed by atoms with Gasteiger partial charge < -0.3 is 5.73 Å². The van der Waals surface area contributed by atoms with Crippen LogP contribution in [0.15, 0.2) is 52.8 Å². The summed E-state index contributed by atoms with van der Waals surface area (Å²) in [7, 11) is 3.07. The fraction of sp³-hybridized carbons (Fsp3) is 0. The molecule has 0 saturated heterocycles. The molecule has 3 nitrogen and oxygen atoms in total. The minimum atomic E-state index is 0.700. The van der Waals surface area contributed by atoms with E-state index in [4.69, 9.17) is 5.73 Å². The zero-order valence-electron chi connectivity index (χ0n) is 7.83.